The Morgan fingerprint density at radius 3 is 2.64 bits per heavy atom. The number of rotatable bonds is 3. The molecule has 0 radical (unpaired) electrons. The highest BCUT2D eigenvalue weighted by Gasteiger charge is 2.40. The lowest BCUT2D eigenvalue weighted by Crippen LogP contribution is -2.34. The first-order chi connectivity index (χ1) is 10.5. The van der Waals surface area contributed by atoms with E-state index in [-0.39, 0.29) is 11.3 Å². The lowest BCUT2D eigenvalue weighted by molar-refractivity contribution is -0.116. The van der Waals surface area contributed by atoms with Gasteiger partial charge >= 0.3 is 0 Å². The van der Waals surface area contributed by atoms with Gasteiger partial charge in [0.1, 0.15) is 0 Å². The number of benzene rings is 2. The van der Waals surface area contributed by atoms with Crippen LogP contribution in [-0.4, -0.2) is 12.5 Å². The van der Waals surface area contributed by atoms with Crippen LogP contribution < -0.4 is 4.90 Å². The lowest BCUT2D eigenvalue weighted by atomic mass is 9.79. The molecule has 0 saturated carbocycles. The number of hydrogen-bond acceptors (Lipinski definition) is 1. The third-order valence-electron chi connectivity index (χ3n) is 4.60. The third kappa shape index (κ3) is 2.82. The molecule has 1 unspecified atom stereocenters. The zero-order valence-corrected chi connectivity index (χ0v) is 14.6. The van der Waals surface area contributed by atoms with Gasteiger partial charge in [0.05, 0.1) is 0 Å². The van der Waals surface area contributed by atoms with Crippen LogP contribution in [-0.2, 0) is 16.6 Å². The predicted molar refractivity (Wildman–Crippen MR) is 94.3 cm³/mol. The quantitative estimate of drug-likeness (QED) is 0.778. The van der Waals surface area contributed by atoms with E-state index < -0.39 is 0 Å². The van der Waals surface area contributed by atoms with Gasteiger partial charge in [0.25, 0.3) is 0 Å². The predicted octanol–water partition coefficient (Wildman–Crippen LogP) is 4.71. The molecule has 0 N–H and O–H groups in total. The number of halogens is 1. The second kappa shape index (κ2) is 5.88. The van der Waals surface area contributed by atoms with Gasteiger partial charge < -0.3 is 4.90 Å². The van der Waals surface area contributed by atoms with Gasteiger partial charge in [-0.1, -0.05) is 53.2 Å². The highest BCUT2D eigenvalue weighted by atomic mass is 79.9. The van der Waals surface area contributed by atoms with Crippen molar-refractivity contribution in [1.29, 1.82) is 0 Å². The van der Waals surface area contributed by atoms with Crippen LogP contribution in [0.4, 0.5) is 5.69 Å². The smallest absolute Gasteiger partial charge is 0.223 e. The fourth-order valence-electron chi connectivity index (χ4n) is 3.31. The Kier molecular flexibility index (Phi) is 4.09. The van der Waals surface area contributed by atoms with Gasteiger partial charge in [0.2, 0.25) is 5.91 Å². The Morgan fingerprint density at radius 1 is 1.23 bits per heavy atom. The summed E-state index contributed by atoms with van der Waals surface area (Å²) in [6.45, 7) is 4.68. The van der Waals surface area contributed by atoms with E-state index in [1.54, 1.807) is 6.92 Å². The van der Waals surface area contributed by atoms with Crippen molar-refractivity contribution in [1.82, 2.24) is 0 Å². The van der Waals surface area contributed by atoms with E-state index in [0.29, 0.717) is 0 Å². The van der Waals surface area contributed by atoms with Crippen LogP contribution >= 0.6 is 15.9 Å². The lowest BCUT2D eigenvalue weighted by Gasteiger charge is -2.25. The van der Waals surface area contributed by atoms with E-state index >= 15 is 0 Å². The van der Waals surface area contributed by atoms with E-state index in [2.05, 4.69) is 59.3 Å². The summed E-state index contributed by atoms with van der Waals surface area (Å²) in [5.74, 6) is 0.118. The largest absolute Gasteiger partial charge is 0.311 e. The van der Waals surface area contributed by atoms with Crippen molar-refractivity contribution in [3.63, 3.8) is 0 Å². The normalized spacial score (nSPS) is 20.0. The van der Waals surface area contributed by atoms with E-state index in [0.717, 1.165) is 29.5 Å². The van der Waals surface area contributed by atoms with Crippen molar-refractivity contribution in [2.75, 3.05) is 11.4 Å². The van der Waals surface area contributed by atoms with Crippen LogP contribution in [0.5, 0.6) is 0 Å². The van der Waals surface area contributed by atoms with E-state index in [9.17, 15) is 4.79 Å². The molecule has 3 rings (SSSR count). The Labute approximate surface area is 140 Å². The summed E-state index contributed by atoms with van der Waals surface area (Å²) < 4.78 is 1.07. The summed E-state index contributed by atoms with van der Waals surface area (Å²) in [6.07, 6.45) is 2.05. The fourth-order valence-corrected chi connectivity index (χ4v) is 3.67. The van der Waals surface area contributed by atoms with E-state index in [1.807, 2.05) is 17.0 Å². The van der Waals surface area contributed by atoms with Gasteiger partial charge in [-0.15, -0.1) is 0 Å². The average Bonchev–Trinajstić information content (AvgIpc) is 2.80. The summed E-state index contributed by atoms with van der Waals surface area (Å²) in [5, 5.41) is 0. The maximum atomic E-state index is 12.0. The molecule has 2 aromatic carbocycles. The average molecular weight is 358 g/mol. The molecule has 1 atom stereocenters. The molecule has 0 aliphatic carbocycles. The molecule has 22 heavy (non-hydrogen) atoms. The Bertz CT molecular complexity index is 698. The second-order valence-corrected chi connectivity index (χ2v) is 7.23. The van der Waals surface area contributed by atoms with Crippen LogP contribution in [0, 0.1) is 0 Å². The number of nitrogens with zero attached hydrogens (tertiary/aromatic N) is 1. The zero-order chi connectivity index (χ0) is 15.7. The van der Waals surface area contributed by atoms with Gasteiger partial charge in [0.15, 0.2) is 0 Å². The third-order valence-corrected chi connectivity index (χ3v) is 5.09. The first kappa shape index (κ1) is 15.3. The van der Waals surface area contributed by atoms with Crippen molar-refractivity contribution in [2.45, 2.75) is 32.1 Å². The van der Waals surface area contributed by atoms with Gasteiger partial charge in [-0.3, -0.25) is 4.79 Å². The van der Waals surface area contributed by atoms with Crippen molar-refractivity contribution >= 4 is 27.5 Å². The Morgan fingerprint density at radius 2 is 1.95 bits per heavy atom. The molecule has 1 amide bonds. The van der Waals surface area contributed by atoms with Crippen molar-refractivity contribution in [2.24, 2.45) is 0 Å². The molecule has 0 saturated heterocycles. The standard InChI is InChI=1S/C19H20BrNO/c1-14(22)21-13-19(2,11-10-15-6-4-3-5-7-15)17-12-16(20)8-9-18(17)21/h3-9,12H,10-11,13H2,1-2H3. The number of carbonyl (C=O) groups is 1. The molecular weight excluding hydrogens is 338 g/mol. The molecule has 0 fully saturated rings. The zero-order valence-electron chi connectivity index (χ0n) is 13.0. The minimum Gasteiger partial charge on any atom is -0.311 e. The molecule has 2 aromatic rings. The molecular formula is C19H20BrNO. The van der Waals surface area contributed by atoms with Crippen LogP contribution in [0.3, 0.4) is 0 Å². The number of anilines is 1. The first-order valence-electron chi connectivity index (χ1n) is 7.62. The molecule has 3 heteroatoms. The maximum absolute atomic E-state index is 12.0. The minimum absolute atomic E-state index is 0.000620. The molecule has 0 bridgehead atoms. The molecule has 0 aromatic heterocycles. The van der Waals surface area contributed by atoms with Crippen LogP contribution in [0.1, 0.15) is 31.4 Å². The molecule has 1 aliphatic heterocycles. The first-order valence-corrected chi connectivity index (χ1v) is 8.41. The van der Waals surface area contributed by atoms with Gasteiger partial charge in [-0.25, -0.2) is 0 Å². The summed E-state index contributed by atoms with van der Waals surface area (Å²) in [6, 6.07) is 16.8. The summed E-state index contributed by atoms with van der Waals surface area (Å²) in [5.41, 5.74) is 3.68. The number of aryl methyl sites for hydroxylation is 1. The second-order valence-electron chi connectivity index (χ2n) is 6.31. The summed E-state index contributed by atoms with van der Waals surface area (Å²) in [4.78, 5) is 13.9. The Balaban J connectivity index is 1.90. The maximum Gasteiger partial charge on any atom is 0.223 e. The van der Waals surface area contributed by atoms with Crippen molar-refractivity contribution < 1.29 is 4.79 Å². The van der Waals surface area contributed by atoms with Crippen molar-refractivity contribution in [3.8, 4) is 0 Å². The number of amides is 1. The van der Waals surface area contributed by atoms with Crippen LogP contribution in [0.15, 0.2) is 53.0 Å². The molecule has 2 nitrogen and oxygen atoms in total. The molecule has 1 aliphatic rings. The van der Waals surface area contributed by atoms with Crippen LogP contribution in [0.2, 0.25) is 0 Å². The van der Waals surface area contributed by atoms with Gasteiger partial charge in [-0.2, -0.15) is 0 Å². The fraction of sp³-hybridized carbons (Fsp3) is 0.316. The topological polar surface area (TPSA) is 20.3 Å². The SMILES string of the molecule is CC(=O)N1CC(C)(CCc2ccccc2)c2cc(Br)ccc21. The number of fused-ring (bicyclic) bond motifs is 1. The van der Waals surface area contributed by atoms with E-state index in [4.69, 9.17) is 0 Å². The van der Waals surface area contributed by atoms with Crippen LogP contribution in [0.25, 0.3) is 0 Å². The minimum atomic E-state index is 0.000620. The molecule has 0 spiro atoms. The molecule has 1 heterocycles. The van der Waals surface area contributed by atoms with Gasteiger partial charge in [0, 0.05) is 29.0 Å². The van der Waals surface area contributed by atoms with Crippen molar-refractivity contribution in [3.05, 3.63) is 64.1 Å². The highest BCUT2D eigenvalue weighted by molar-refractivity contribution is 9.10. The van der Waals surface area contributed by atoms with E-state index in [1.165, 1.54) is 11.1 Å². The Hall–Kier alpha value is -1.61. The monoisotopic (exact) mass is 357 g/mol. The number of carbonyl (C=O) groups excluding carboxylic acids is 1. The summed E-state index contributed by atoms with van der Waals surface area (Å²) >= 11 is 3.57. The highest BCUT2D eigenvalue weighted by Crippen LogP contribution is 2.44. The summed E-state index contributed by atoms with van der Waals surface area (Å²) in [7, 11) is 0. The molecule has 114 valence electrons. The number of hydrogen-bond donors (Lipinski definition) is 0. The van der Waals surface area contributed by atoms with Gasteiger partial charge in [-0.05, 0) is 42.2 Å².